The minimum atomic E-state index is -0.203. The van der Waals surface area contributed by atoms with Gasteiger partial charge in [0.2, 0.25) is 0 Å². The van der Waals surface area contributed by atoms with Crippen LogP contribution in [0.15, 0.2) is 36.4 Å². The van der Waals surface area contributed by atoms with E-state index in [2.05, 4.69) is 45.7 Å². The number of carbonyl (C=O) groups is 1. The fourth-order valence-corrected chi connectivity index (χ4v) is 4.03. The smallest absolute Gasteiger partial charge is 0.319 e. The fourth-order valence-electron chi connectivity index (χ4n) is 4.03. The summed E-state index contributed by atoms with van der Waals surface area (Å²) >= 11 is 0. The molecule has 5 heteroatoms. The number of hydrogen-bond acceptors (Lipinski definition) is 3. The van der Waals surface area contributed by atoms with Crippen LogP contribution in [-0.4, -0.2) is 16.0 Å². The number of anilines is 1. The van der Waals surface area contributed by atoms with Crippen LogP contribution in [0.3, 0.4) is 0 Å². The van der Waals surface area contributed by atoms with Crippen molar-refractivity contribution in [2.24, 2.45) is 0 Å². The van der Waals surface area contributed by atoms with Gasteiger partial charge in [-0.05, 0) is 80.8 Å². The summed E-state index contributed by atoms with van der Waals surface area (Å²) in [5, 5.41) is 6.07. The molecule has 150 valence electrons. The van der Waals surface area contributed by atoms with E-state index in [1.807, 2.05) is 32.0 Å². The van der Waals surface area contributed by atoms with Crippen LogP contribution < -0.4 is 10.6 Å². The van der Waals surface area contributed by atoms with Crippen molar-refractivity contribution < 1.29 is 4.79 Å². The zero-order valence-electron chi connectivity index (χ0n) is 17.4. The minimum Gasteiger partial charge on any atom is -0.331 e. The number of carbonyl (C=O) groups excluding carboxylic acids is 1. The molecule has 0 aliphatic heterocycles. The molecule has 2 N–H and O–H groups in total. The first-order chi connectivity index (χ1) is 14.0. The van der Waals surface area contributed by atoms with E-state index in [4.69, 9.17) is 0 Å². The molecule has 29 heavy (non-hydrogen) atoms. The molecule has 1 aliphatic carbocycles. The van der Waals surface area contributed by atoms with Crippen molar-refractivity contribution in [2.75, 3.05) is 5.32 Å². The maximum atomic E-state index is 12.6. The van der Waals surface area contributed by atoms with Gasteiger partial charge in [-0.15, -0.1) is 0 Å². The lowest BCUT2D eigenvalue weighted by molar-refractivity contribution is 0.248. The molecule has 1 atom stereocenters. The molecule has 0 fully saturated rings. The lowest BCUT2D eigenvalue weighted by atomic mass is 9.89. The molecule has 1 heterocycles. The Balaban J connectivity index is 1.48. The first kappa shape index (κ1) is 19.4. The van der Waals surface area contributed by atoms with E-state index >= 15 is 0 Å². The molecule has 5 nitrogen and oxygen atoms in total. The van der Waals surface area contributed by atoms with E-state index in [9.17, 15) is 4.79 Å². The summed E-state index contributed by atoms with van der Waals surface area (Å²) in [7, 11) is 0. The largest absolute Gasteiger partial charge is 0.331 e. The molecule has 0 saturated carbocycles. The Kier molecular flexibility index (Phi) is 5.47. The number of aryl methyl sites for hydroxylation is 4. The highest BCUT2D eigenvalue weighted by molar-refractivity contribution is 5.92. The summed E-state index contributed by atoms with van der Waals surface area (Å²) < 4.78 is 0. The van der Waals surface area contributed by atoms with E-state index in [0.717, 1.165) is 35.3 Å². The van der Waals surface area contributed by atoms with Gasteiger partial charge in [0, 0.05) is 5.69 Å². The van der Waals surface area contributed by atoms with Crippen LogP contribution in [0.4, 0.5) is 10.5 Å². The van der Waals surface area contributed by atoms with E-state index in [1.165, 1.54) is 36.0 Å². The van der Waals surface area contributed by atoms with E-state index < -0.39 is 0 Å². The Morgan fingerprint density at radius 3 is 2.45 bits per heavy atom. The molecule has 4 rings (SSSR count). The number of nitrogens with zero attached hydrogens (tertiary/aromatic N) is 2. The molecule has 0 radical (unpaired) electrons. The van der Waals surface area contributed by atoms with Gasteiger partial charge in [0.15, 0.2) is 0 Å². The van der Waals surface area contributed by atoms with Crippen molar-refractivity contribution >= 4 is 22.8 Å². The van der Waals surface area contributed by atoms with Crippen molar-refractivity contribution in [1.82, 2.24) is 15.3 Å². The summed E-state index contributed by atoms with van der Waals surface area (Å²) in [6.07, 6.45) is 5.69. The van der Waals surface area contributed by atoms with Gasteiger partial charge in [-0.2, -0.15) is 0 Å². The van der Waals surface area contributed by atoms with Crippen molar-refractivity contribution in [2.45, 2.75) is 58.9 Å². The van der Waals surface area contributed by atoms with Crippen LogP contribution >= 0.6 is 0 Å². The van der Waals surface area contributed by atoms with Crippen molar-refractivity contribution in [1.29, 1.82) is 0 Å². The SMILES string of the molecule is CCC(NC(=O)Nc1ccc2nc(C)c(C)nc2c1)c1ccc2c(c1)CCCC2. The summed E-state index contributed by atoms with van der Waals surface area (Å²) in [5.41, 5.74) is 8.23. The van der Waals surface area contributed by atoms with Crippen LogP contribution in [0.5, 0.6) is 0 Å². The second-order valence-electron chi connectivity index (χ2n) is 7.89. The third-order valence-corrected chi connectivity index (χ3v) is 5.82. The number of urea groups is 1. The fraction of sp³-hybridized carbons (Fsp3) is 0.375. The summed E-state index contributed by atoms with van der Waals surface area (Å²) in [5.74, 6) is 0. The summed E-state index contributed by atoms with van der Waals surface area (Å²) in [4.78, 5) is 21.8. The average Bonchev–Trinajstić information content (AvgIpc) is 2.72. The molecule has 0 bridgehead atoms. The van der Waals surface area contributed by atoms with E-state index in [1.54, 1.807) is 0 Å². The Bertz CT molecular complexity index is 1060. The Morgan fingerprint density at radius 1 is 0.966 bits per heavy atom. The predicted molar refractivity (Wildman–Crippen MR) is 117 cm³/mol. The number of fused-ring (bicyclic) bond motifs is 2. The number of hydrogen-bond donors (Lipinski definition) is 2. The van der Waals surface area contributed by atoms with Crippen LogP contribution in [0, 0.1) is 13.8 Å². The van der Waals surface area contributed by atoms with Gasteiger partial charge in [-0.3, -0.25) is 0 Å². The number of nitrogens with one attached hydrogen (secondary N) is 2. The molecular weight excluding hydrogens is 360 g/mol. The van der Waals surface area contributed by atoms with Crippen molar-refractivity contribution in [3.05, 3.63) is 64.5 Å². The van der Waals surface area contributed by atoms with Crippen LogP contribution in [0.25, 0.3) is 11.0 Å². The highest BCUT2D eigenvalue weighted by atomic mass is 16.2. The van der Waals surface area contributed by atoms with Crippen LogP contribution in [0.2, 0.25) is 0 Å². The van der Waals surface area contributed by atoms with Crippen LogP contribution in [0.1, 0.15) is 60.3 Å². The quantitative estimate of drug-likeness (QED) is 0.629. The van der Waals surface area contributed by atoms with E-state index in [0.29, 0.717) is 5.69 Å². The second-order valence-corrected chi connectivity index (χ2v) is 7.89. The van der Waals surface area contributed by atoms with Gasteiger partial charge in [0.05, 0.1) is 28.5 Å². The Morgan fingerprint density at radius 2 is 1.69 bits per heavy atom. The third-order valence-electron chi connectivity index (χ3n) is 5.82. The maximum Gasteiger partial charge on any atom is 0.319 e. The van der Waals surface area contributed by atoms with Crippen molar-refractivity contribution in [3.63, 3.8) is 0 Å². The first-order valence-electron chi connectivity index (χ1n) is 10.5. The highest BCUT2D eigenvalue weighted by Crippen LogP contribution is 2.26. The Hall–Kier alpha value is -2.95. The number of benzene rings is 2. The molecule has 2 aromatic carbocycles. The zero-order valence-corrected chi connectivity index (χ0v) is 17.4. The predicted octanol–water partition coefficient (Wildman–Crippen LogP) is 5.40. The van der Waals surface area contributed by atoms with Crippen LogP contribution in [-0.2, 0) is 12.8 Å². The molecule has 1 unspecified atom stereocenters. The number of aromatic nitrogens is 2. The van der Waals surface area contributed by atoms with Crippen molar-refractivity contribution in [3.8, 4) is 0 Å². The molecule has 2 amide bonds. The topological polar surface area (TPSA) is 66.9 Å². The van der Waals surface area contributed by atoms with Gasteiger partial charge in [0.1, 0.15) is 0 Å². The van der Waals surface area contributed by atoms with E-state index in [-0.39, 0.29) is 12.1 Å². The monoisotopic (exact) mass is 388 g/mol. The standard InChI is InChI=1S/C24H28N4O/c1-4-21(19-10-9-17-7-5-6-8-18(17)13-19)28-24(29)27-20-11-12-22-23(14-20)26-16(3)15(2)25-22/h9-14,21H,4-8H2,1-3H3,(H2,27,28,29). The minimum absolute atomic E-state index is 0.00707. The zero-order chi connectivity index (χ0) is 20.4. The molecular formula is C24H28N4O. The Labute approximate surface area is 172 Å². The van der Waals surface area contributed by atoms with Gasteiger partial charge in [0.25, 0.3) is 0 Å². The maximum absolute atomic E-state index is 12.6. The lowest BCUT2D eigenvalue weighted by Crippen LogP contribution is -2.32. The average molecular weight is 389 g/mol. The molecule has 0 spiro atoms. The highest BCUT2D eigenvalue weighted by Gasteiger charge is 2.16. The normalized spacial score (nSPS) is 14.3. The van der Waals surface area contributed by atoms with Gasteiger partial charge in [-0.25, -0.2) is 14.8 Å². The molecule has 3 aromatic rings. The molecule has 1 aliphatic rings. The van der Waals surface area contributed by atoms with Gasteiger partial charge >= 0.3 is 6.03 Å². The number of rotatable bonds is 4. The van der Waals surface area contributed by atoms with Gasteiger partial charge in [-0.1, -0.05) is 25.1 Å². The number of amides is 2. The summed E-state index contributed by atoms with van der Waals surface area (Å²) in [6, 6.07) is 12.1. The summed E-state index contributed by atoms with van der Waals surface area (Å²) in [6.45, 7) is 5.99. The first-order valence-corrected chi connectivity index (χ1v) is 10.5. The lowest BCUT2D eigenvalue weighted by Gasteiger charge is -2.22. The van der Waals surface area contributed by atoms with Gasteiger partial charge < -0.3 is 10.6 Å². The molecule has 1 aromatic heterocycles. The third kappa shape index (κ3) is 4.24. The molecule has 0 saturated heterocycles. The second kappa shape index (κ2) is 8.19.